The first-order valence-corrected chi connectivity index (χ1v) is 12.0. The van der Waals surface area contributed by atoms with Gasteiger partial charge in [-0.25, -0.2) is 4.48 Å². The third-order valence-corrected chi connectivity index (χ3v) is 7.08. The van der Waals surface area contributed by atoms with Crippen LogP contribution >= 0.6 is 0 Å². The number of nitrogens with zero attached hydrogens (tertiary/aromatic N) is 2. The molecule has 5 nitrogen and oxygen atoms in total. The fourth-order valence-corrected chi connectivity index (χ4v) is 5.55. The van der Waals surface area contributed by atoms with Gasteiger partial charge in [-0.1, -0.05) is 91.0 Å². The minimum atomic E-state index is -0.741. The molecule has 0 saturated heterocycles. The van der Waals surface area contributed by atoms with Gasteiger partial charge in [-0.2, -0.15) is 4.99 Å². The lowest BCUT2D eigenvalue weighted by Gasteiger charge is -2.47. The molecule has 36 heavy (non-hydrogen) atoms. The zero-order chi connectivity index (χ0) is 24.4. The SMILES string of the molecule is OCC1=C[N+](c2ccc3c(c2)COCO3)(C(c2ccccc2)(c2ccccc2)c2ccccc2)C=N1. The van der Waals surface area contributed by atoms with Gasteiger partial charge in [0.1, 0.15) is 23.3 Å². The van der Waals surface area contributed by atoms with Crippen molar-refractivity contribution in [1.29, 1.82) is 0 Å². The monoisotopic (exact) mass is 475 g/mol. The third kappa shape index (κ3) is 3.40. The maximum absolute atomic E-state index is 10.2. The van der Waals surface area contributed by atoms with Crippen molar-refractivity contribution in [3.8, 4) is 5.75 Å². The molecule has 0 saturated carbocycles. The molecule has 1 N–H and O–H groups in total. The van der Waals surface area contributed by atoms with Gasteiger partial charge in [0, 0.05) is 34.4 Å². The number of rotatable bonds is 6. The van der Waals surface area contributed by atoms with Crippen LogP contribution in [-0.2, 0) is 16.9 Å². The number of hydrogen-bond donors (Lipinski definition) is 1. The Bertz CT molecular complexity index is 1320. The Labute approximate surface area is 210 Å². The van der Waals surface area contributed by atoms with Crippen molar-refractivity contribution in [3.05, 3.63) is 143 Å². The summed E-state index contributed by atoms with van der Waals surface area (Å²) >= 11 is 0. The number of hydrogen-bond acceptors (Lipinski definition) is 4. The highest BCUT2D eigenvalue weighted by Crippen LogP contribution is 2.51. The van der Waals surface area contributed by atoms with E-state index in [1.165, 1.54) is 0 Å². The molecule has 0 aromatic heterocycles. The first-order valence-electron chi connectivity index (χ1n) is 12.0. The van der Waals surface area contributed by atoms with Crippen molar-refractivity contribution in [3.63, 3.8) is 0 Å². The summed E-state index contributed by atoms with van der Waals surface area (Å²) < 4.78 is 11.6. The zero-order valence-corrected chi connectivity index (χ0v) is 19.8. The number of ether oxygens (including phenoxy) is 2. The summed E-state index contributed by atoms with van der Waals surface area (Å²) in [5.74, 6) is 0.829. The van der Waals surface area contributed by atoms with Gasteiger partial charge >= 0.3 is 0 Å². The van der Waals surface area contributed by atoms with Crippen molar-refractivity contribution in [2.45, 2.75) is 12.1 Å². The van der Waals surface area contributed by atoms with Crippen LogP contribution in [0.1, 0.15) is 22.3 Å². The highest BCUT2D eigenvalue weighted by atomic mass is 16.7. The molecule has 1 unspecified atom stereocenters. The first kappa shape index (κ1) is 22.4. The topological polar surface area (TPSA) is 51.0 Å². The van der Waals surface area contributed by atoms with Crippen molar-refractivity contribution in [2.24, 2.45) is 4.99 Å². The van der Waals surface area contributed by atoms with Gasteiger partial charge in [-0.05, 0) is 6.07 Å². The van der Waals surface area contributed by atoms with Crippen LogP contribution in [0.3, 0.4) is 0 Å². The van der Waals surface area contributed by atoms with E-state index in [2.05, 4.69) is 91.1 Å². The van der Waals surface area contributed by atoms with E-state index in [4.69, 9.17) is 14.5 Å². The van der Waals surface area contributed by atoms with Crippen LogP contribution in [0.15, 0.2) is 126 Å². The van der Waals surface area contributed by atoms with Crippen molar-refractivity contribution in [2.75, 3.05) is 13.4 Å². The lowest BCUT2D eigenvalue weighted by molar-refractivity contribution is -0.0164. The summed E-state index contributed by atoms with van der Waals surface area (Å²) in [6.45, 7) is 0.582. The molecule has 2 heterocycles. The summed E-state index contributed by atoms with van der Waals surface area (Å²) in [7, 11) is 0. The number of aliphatic imine (C=N–C) groups is 1. The predicted octanol–water partition coefficient (Wildman–Crippen LogP) is 5.73. The van der Waals surface area contributed by atoms with Gasteiger partial charge in [0.05, 0.1) is 13.2 Å². The van der Waals surface area contributed by atoms with Crippen LogP contribution in [-0.4, -0.2) is 24.8 Å². The van der Waals surface area contributed by atoms with E-state index in [0.717, 1.165) is 33.7 Å². The van der Waals surface area contributed by atoms with Gasteiger partial charge in [-0.3, -0.25) is 0 Å². The molecule has 0 spiro atoms. The van der Waals surface area contributed by atoms with E-state index in [-0.39, 0.29) is 17.9 Å². The van der Waals surface area contributed by atoms with Gasteiger partial charge in [-0.15, -0.1) is 0 Å². The predicted molar refractivity (Wildman–Crippen MR) is 141 cm³/mol. The Morgan fingerprint density at radius 3 is 1.89 bits per heavy atom. The van der Waals surface area contributed by atoms with Crippen LogP contribution in [0.4, 0.5) is 5.69 Å². The van der Waals surface area contributed by atoms with Crippen molar-refractivity contribution >= 4 is 12.0 Å². The molecule has 4 aromatic rings. The summed E-state index contributed by atoms with van der Waals surface area (Å²) in [4.78, 5) is 4.73. The second kappa shape index (κ2) is 9.21. The van der Waals surface area contributed by atoms with Crippen LogP contribution in [0.2, 0.25) is 0 Å². The summed E-state index contributed by atoms with van der Waals surface area (Å²) in [6, 6.07) is 37.8. The van der Waals surface area contributed by atoms with Crippen LogP contribution in [0, 0.1) is 0 Å². The van der Waals surface area contributed by atoms with Crippen molar-refractivity contribution < 1.29 is 14.6 Å². The summed E-state index contributed by atoms with van der Waals surface area (Å²) in [6.07, 6.45) is 4.02. The molecule has 0 fully saturated rings. The molecule has 4 aromatic carbocycles. The molecule has 0 bridgehead atoms. The standard InChI is InChI=1S/C31H27N2O3/c34-20-28-19-33(22-32-28,29-16-17-30-24(18-29)21-35-23-36-30)31(25-10-4-1-5-11-25,26-12-6-2-7-13-26)27-14-8-3-9-15-27/h1-19,22,34H,20-21,23H2/q+1. The van der Waals surface area contributed by atoms with Gasteiger partial charge in [0.15, 0.2) is 12.3 Å². The summed E-state index contributed by atoms with van der Waals surface area (Å²) in [5.41, 5.74) is 5.17. The third-order valence-electron chi connectivity index (χ3n) is 7.08. The van der Waals surface area contributed by atoms with Crippen LogP contribution in [0.5, 0.6) is 5.75 Å². The lowest BCUT2D eigenvalue weighted by Crippen LogP contribution is -2.60. The average molecular weight is 476 g/mol. The molecule has 0 amide bonds. The molecule has 178 valence electrons. The Morgan fingerprint density at radius 1 is 0.778 bits per heavy atom. The minimum Gasteiger partial charge on any atom is -0.467 e. The minimum absolute atomic E-state index is 0.151. The van der Waals surface area contributed by atoms with Gasteiger partial charge in [0.25, 0.3) is 0 Å². The summed E-state index contributed by atoms with van der Waals surface area (Å²) in [5, 5.41) is 10.2. The normalized spacial score (nSPS) is 18.9. The maximum Gasteiger partial charge on any atom is 0.201 e. The highest BCUT2D eigenvalue weighted by Gasteiger charge is 2.57. The van der Waals surface area contributed by atoms with Crippen molar-refractivity contribution in [1.82, 2.24) is 4.48 Å². The number of benzene rings is 4. The van der Waals surface area contributed by atoms with Gasteiger partial charge in [0.2, 0.25) is 6.34 Å². The molecular formula is C31H27N2O3+. The van der Waals surface area contributed by atoms with Gasteiger partial charge < -0.3 is 14.6 Å². The fourth-order valence-electron chi connectivity index (χ4n) is 5.55. The van der Waals surface area contributed by atoms with E-state index in [0.29, 0.717) is 12.3 Å². The molecule has 1 atom stereocenters. The van der Waals surface area contributed by atoms with E-state index in [1.54, 1.807) is 0 Å². The molecule has 2 aliphatic rings. The Hall–Kier alpha value is -4.03. The molecule has 6 rings (SSSR count). The van der Waals surface area contributed by atoms with E-state index >= 15 is 0 Å². The second-order valence-electron chi connectivity index (χ2n) is 9.01. The second-order valence-corrected chi connectivity index (χ2v) is 9.01. The lowest BCUT2D eigenvalue weighted by atomic mass is 9.73. The Kier molecular flexibility index (Phi) is 5.74. The Morgan fingerprint density at radius 2 is 1.36 bits per heavy atom. The van der Waals surface area contributed by atoms with Crippen LogP contribution < -0.4 is 9.22 Å². The molecular weight excluding hydrogens is 448 g/mol. The number of quaternary nitrogens is 1. The average Bonchev–Trinajstić information content (AvgIpc) is 3.41. The van der Waals surface area contributed by atoms with E-state index in [1.807, 2.05) is 30.6 Å². The molecule has 5 heteroatoms. The molecule has 2 aliphatic heterocycles. The largest absolute Gasteiger partial charge is 0.467 e. The highest BCUT2D eigenvalue weighted by molar-refractivity contribution is 5.85. The number of aliphatic hydroxyl groups excluding tert-OH is 1. The fraction of sp³-hybridized carbons (Fsp3) is 0.129. The molecule has 0 radical (unpaired) electrons. The quantitative estimate of drug-likeness (QED) is 0.286. The molecule has 0 aliphatic carbocycles. The number of fused-ring (bicyclic) bond motifs is 1. The maximum atomic E-state index is 10.2. The van der Waals surface area contributed by atoms with E-state index < -0.39 is 5.54 Å². The number of aliphatic hydroxyl groups is 1. The Balaban J connectivity index is 1.76. The smallest absolute Gasteiger partial charge is 0.201 e. The van der Waals surface area contributed by atoms with Crippen LogP contribution in [0.25, 0.3) is 0 Å². The van der Waals surface area contributed by atoms with E-state index in [9.17, 15) is 5.11 Å². The first-order chi connectivity index (χ1) is 17.8. The zero-order valence-electron chi connectivity index (χ0n) is 19.8.